The number of hydrogen-bond acceptors (Lipinski definition) is 4. The SMILES string of the molecule is CCN(CC)CCn1c(O)c(N=Nc2ccc(F)cc2F)c2ccccc21. The lowest BCUT2D eigenvalue weighted by molar-refractivity contribution is 0.285. The van der Waals surface area contributed by atoms with Gasteiger partial charge in [0.05, 0.1) is 5.52 Å². The van der Waals surface area contributed by atoms with Crippen LogP contribution >= 0.6 is 0 Å². The molecule has 1 N–H and O–H groups in total. The topological polar surface area (TPSA) is 53.1 Å². The maximum Gasteiger partial charge on any atom is 0.220 e. The van der Waals surface area contributed by atoms with Gasteiger partial charge in [0.2, 0.25) is 5.88 Å². The lowest BCUT2D eigenvalue weighted by atomic mass is 10.2. The van der Waals surface area contributed by atoms with Crippen molar-refractivity contribution in [2.45, 2.75) is 20.4 Å². The molecule has 27 heavy (non-hydrogen) atoms. The average molecular weight is 372 g/mol. The summed E-state index contributed by atoms with van der Waals surface area (Å²) >= 11 is 0. The van der Waals surface area contributed by atoms with Crippen LogP contribution in [0.5, 0.6) is 5.88 Å². The van der Waals surface area contributed by atoms with E-state index in [0.717, 1.165) is 42.7 Å². The van der Waals surface area contributed by atoms with Gasteiger partial charge in [-0.3, -0.25) is 0 Å². The lowest BCUT2D eigenvalue weighted by Crippen LogP contribution is -2.26. The van der Waals surface area contributed by atoms with Crippen LogP contribution in [0.1, 0.15) is 13.8 Å². The van der Waals surface area contributed by atoms with Crippen molar-refractivity contribution in [1.29, 1.82) is 0 Å². The van der Waals surface area contributed by atoms with Crippen LogP contribution in [0.25, 0.3) is 10.9 Å². The molecule has 0 aliphatic rings. The van der Waals surface area contributed by atoms with Crippen molar-refractivity contribution < 1.29 is 13.9 Å². The van der Waals surface area contributed by atoms with Crippen LogP contribution in [-0.4, -0.2) is 34.2 Å². The Bertz CT molecular complexity index is 964. The van der Waals surface area contributed by atoms with Crippen LogP contribution in [0, 0.1) is 11.6 Å². The zero-order valence-corrected chi connectivity index (χ0v) is 15.4. The Kier molecular flexibility index (Phi) is 5.81. The third-order valence-corrected chi connectivity index (χ3v) is 4.62. The van der Waals surface area contributed by atoms with E-state index >= 15 is 0 Å². The molecule has 0 amide bonds. The predicted octanol–water partition coefficient (Wildman–Crippen LogP) is 5.38. The Labute approximate surface area is 156 Å². The van der Waals surface area contributed by atoms with E-state index in [1.807, 2.05) is 24.3 Å². The molecule has 0 saturated carbocycles. The molecule has 142 valence electrons. The van der Waals surface area contributed by atoms with E-state index in [0.29, 0.717) is 6.54 Å². The van der Waals surface area contributed by atoms with Crippen molar-refractivity contribution in [3.8, 4) is 5.88 Å². The normalized spacial score (nSPS) is 11.9. The molecule has 0 aliphatic heterocycles. The van der Waals surface area contributed by atoms with Crippen molar-refractivity contribution in [2.24, 2.45) is 10.2 Å². The molecule has 0 saturated heterocycles. The number of halogens is 2. The number of rotatable bonds is 7. The van der Waals surface area contributed by atoms with Gasteiger partial charge in [0, 0.05) is 24.5 Å². The number of likely N-dealkylation sites (N-methyl/N-ethyl adjacent to an activating group) is 1. The largest absolute Gasteiger partial charge is 0.493 e. The highest BCUT2D eigenvalue weighted by atomic mass is 19.1. The summed E-state index contributed by atoms with van der Waals surface area (Å²) in [5.41, 5.74) is 1.01. The number of hydrogen-bond donors (Lipinski definition) is 1. The summed E-state index contributed by atoms with van der Waals surface area (Å²) in [5.74, 6) is -1.50. The van der Waals surface area contributed by atoms with Crippen molar-refractivity contribution >= 4 is 22.3 Å². The minimum Gasteiger partial charge on any atom is -0.493 e. The van der Waals surface area contributed by atoms with E-state index in [9.17, 15) is 13.9 Å². The lowest BCUT2D eigenvalue weighted by Gasteiger charge is -2.18. The maximum absolute atomic E-state index is 13.8. The predicted molar refractivity (Wildman–Crippen MR) is 102 cm³/mol. The number of para-hydroxylation sites is 1. The zero-order valence-electron chi connectivity index (χ0n) is 15.4. The molecule has 2 aromatic carbocycles. The molecule has 0 spiro atoms. The van der Waals surface area contributed by atoms with Crippen molar-refractivity contribution in [3.63, 3.8) is 0 Å². The van der Waals surface area contributed by atoms with Gasteiger partial charge in [-0.15, -0.1) is 10.2 Å². The quantitative estimate of drug-likeness (QED) is 0.566. The maximum atomic E-state index is 13.8. The van der Waals surface area contributed by atoms with Crippen LogP contribution in [-0.2, 0) is 6.54 Å². The van der Waals surface area contributed by atoms with Gasteiger partial charge in [-0.1, -0.05) is 32.0 Å². The Morgan fingerprint density at radius 1 is 1.04 bits per heavy atom. The summed E-state index contributed by atoms with van der Waals surface area (Å²) in [5, 5.41) is 19.4. The molecule has 0 bridgehead atoms. The number of fused-ring (bicyclic) bond motifs is 1. The fourth-order valence-electron chi connectivity index (χ4n) is 3.04. The van der Waals surface area contributed by atoms with Gasteiger partial charge in [0.1, 0.15) is 11.5 Å². The van der Waals surface area contributed by atoms with Gasteiger partial charge < -0.3 is 14.6 Å². The second-order valence-corrected chi connectivity index (χ2v) is 6.16. The fraction of sp³-hybridized carbons (Fsp3) is 0.300. The van der Waals surface area contributed by atoms with Crippen LogP contribution in [0.4, 0.5) is 20.2 Å². The van der Waals surface area contributed by atoms with Gasteiger partial charge in [-0.2, -0.15) is 0 Å². The number of aromatic hydroxyl groups is 1. The molecule has 1 aromatic heterocycles. The van der Waals surface area contributed by atoms with Gasteiger partial charge in [0.25, 0.3) is 0 Å². The minimum atomic E-state index is -0.802. The monoisotopic (exact) mass is 372 g/mol. The summed E-state index contributed by atoms with van der Waals surface area (Å²) in [7, 11) is 0. The standard InChI is InChI=1S/C20H22F2N4O/c1-3-25(4-2)11-12-26-18-8-6-5-7-15(18)19(20(26)27)24-23-17-10-9-14(21)13-16(17)22/h5-10,13,27H,3-4,11-12H2,1-2H3. The number of benzene rings is 2. The molecule has 5 nitrogen and oxygen atoms in total. The average Bonchev–Trinajstić information content (AvgIpc) is 2.93. The molecule has 0 radical (unpaired) electrons. The summed E-state index contributed by atoms with van der Waals surface area (Å²) in [6.45, 7) is 7.40. The number of nitrogens with zero attached hydrogens (tertiary/aromatic N) is 4. The molecule has 3 rings (SSSR count). The third kappa shape index (κ3) is 3.98. The minimum absolute atomic E-state index is 0.0189. The molecule has 0 fully saturated rings. The van der Waals surface area contributed by atoms with Crippen LogP contribution < -0.4 is 0 Å². The van der Waals surface area contributed by atoms with Crippen LogP contribution in [0.2, 0.25) is 0 Å². The first-order valence-electron chi connectivity index (χ1n) is 8.94. The zero-order chi connectivity index (χ0) is 19.4. The number of aromatic nitrogens is 1. The highest BCUT2D eigenvalue weighted by Gasteiger charge is 2.17. The van der Waals surface area contributed by atoms with E-state index in [1.54, 1.807) is 4.57 Å². The van der Waals surface area contributed by atoms with Crippen molar-refractivity contribution in [1.82, 2.24) is 9.47 Å². The number of azo groups is 1. The first-order valence-corrected chi connectivity index (χ1v) is 8.94. The Balaban J connectivity index is 1.98. The Morgan fingerprint density at radius 2 is 1.78 bits per heavy atom. The molecule has 0 unspecified atom stereocenters. The highest BCUT2D eigenvalue weighted by molar-refractivity contribution is 5.95. The van der Waals surface area contributed by atoms with Crippen LogP contribution in [0.15, 0.2) is 52.7 Å². The molecule has 3 aromatic rings. The summed E-state index contributed by atoms with van der Waals surface area (Å²) in [6, 6.07) is 10.5. The van der Waals surface area contributed by atoms with Crippen molar-refractivity contribution in [3.05, 3.63) is 54.1 Å². The first kappa shape index (κ1) is 19.0. The molecule has 0 atom stereocenters. The van der Waals surface area contributed by atoms with Gasteiger partial charge in [-0.05, 0) is 31.3 Å². The summed E-state index contributed by atoms with van der Waals surface area (Å²) in [6.07, 6.45) is 0. The van der Waals surface area contributed by atoms with Crippen molar-refractivity contribution in [2.75, 3.05) is 19.6 Å². The molecule has 1 heterocycles. The second-order valence-electron chi connectivity index (χ2n) is 6.16. The van der Waals surface area contributed by atoms with Gasteiger partial charge in [-0.25, -0.2) is 8.78 Å². The van der Waals surface area contributed by atoms with Crippen LogP contribution in [0.3, 0.4) is 0 Å². The van der Waals surface area contributed by atoms with E-state index in [4.69, 9.17) is 0 Å². The first-order chi connectivity index (χ1) is 13.0. The van der Waals surface area contributed by atoms with E-state index in [-0.39, 0.29) is 17.3 Å². The van der Waals surface area contributed by atoms with Gasteiger partial charge >= 0.3 is 0 Å². The fourth-order valence-corrected chi connectivity index (χ4v) is 3.04. The third-order valence-electron chi connectivity index (χ3n) is 4.62. The van der Waals surface area contributed by atoms with E-state index in [1.165, 1.54) is 6.07 Å². The Hall–Kier alpha value is -2.80. The second kappa shape index (κ2) is 8.26. The van der Waals surface area contributed by atoms with Gasteiger partial charge in [0.15, 0.2) is 11.5 Å². The Morgan fingerprint density at radius 3 is 2.48 bits per heavy atom. The highest BCUT2D eigenvalue weighted by Crippen LogP contribution is 2.39. The van der Waals surface area contributed by atoms with E-state index in [2.05, 4.69) is 29.0 Å². The molecule has 0 aliphatic carbocycles. The molecular weight excluding hydrogens is 350 g/mol. The smallest absolute Gasteiger partial charge is 0.220 e. The van der Waals surface area contributed by atoms with E-state index < -0.39 is 11.6 Å². The summed E-state index contributed by atoms with van der Waals surface area (Å²) in [4.78, 5) is 2.25. The molecule has 7 heteroatoms. The molecular formula is C20H22F2N4O. The summed E-state index contributed by atoms with van der Waals surface area (Å²) < 4.78 is 28.6.